The number of hydrogen-bond acceptors (Lipinski definition) is 4. The van der Waals surface area contributed by atoms with Gasteiger partial charge in [0.1, 0.15) is 9.84 Å². The SMILES string of the molecule is CC(C)C(CO)NC1CCS(=O)(=O)CC1. The molecule has 1 aliphatic rings. The molecule has 1 saturated heterocycles. The van der Waals surface area contributed by atoms with E-state index in [0.29, 0.717) is 18.8 Å². The molecule has 0 aromatic heterocycles. The summed E-state index contributed by atoms with van der Waals surface area (Å²) in [6.45, 7) is 4.21. The average Bonchev–Trinajstić information content (AvgIpc) is 2.15. The molecule has 1 heterocycles. The maximum absolute atomic E-state index is 11.2. The molecule has 1 fully saturated rings. The van der Waals surface area contributed by atoms with Gasteiger partial charge in [-0.05, 0) is 18.8 Å². The first-order chi connectivity index (χ1) is 6.94. The molecule has 1 aliphatic heterocycles. The number of hydrogen-bond donors (Lipinski definition) is 2. The van der Waals surface area contributed by atoms with E-state index >= 15 is 0 Å². The molecule has 1 unspecified atom stereocenters. The monoisotopic (exact) mass is 235 g/mol. The minimum atomic E-state index is -2.78. The first kappa shape index (κ1) is 12.9. The number of aliphatic hydroxyl groups is 1. The molecule has 4 nitrogen and oxygen atoms in total. The Bertz CT molecular complexity index is 273. The second-order valence-electron chi connectivity index (χ2n) is 4.63. The average molecular weight is 235 g/mol. The van der Waals surface area contributed by atoms with Crippen molar-refractivity contribution in [2.75, 3.05) is 18.1 Å². The summed E-state index contributed by atoms with van der Waals surface area (Å²) in [6.07, 6.45) is 1.34. The zero-order valence-corrected chi connectivity index (χ0v) is 10.3. The molecule has 1 atom stereocenters. The molecule has 0 saturated carbocycles. The van der Waals surface area contributed by atoms with E-state index < -0.39 is 9.84 Å². The van der Waals surface area contributed by atoms with Crippen LogP contribution in [0.25, 0.3) is 0 Å². The normalized spacial score (nSPS) is 24.3. The van der Waals surface area contributed by atoms with E-state index in [-0.39, 0.29) is 30.2 Å². The van der Waals surface area contributed by atoms with Gasteiger partial charge in [0.25, 0.3) is 0 Å². The molecule has 0 aliphatic carbocycles. The fourth-order valence-electron chi connectivity index (χ4n) is 1.82. The Morgan fingerprint density at radius 1 is 1.33 bits per heavy atom. The summed E-state index contributed by atoms with van der Waals surface area (Å²) in [6, 6.07) is 0.323. The molecule has 0 radical (unpaired) electrons. The van der Waals surface area contributed by atoms with Gasteiger partial charge in [-0.25, -0.2) is 8.42 Å². The molecule has 0 aromatic carbocycles. The van der Waals surface area contributed by atoms with Crippen LogP contribution in [0, 0.1) is 5.92 Å². The number of aliphatic hydroxyl groups excluding tert-OH is 1. The lowest BCUT2D eigenvalue weighted by atomic mass is 10.0. The van der Waals surface area contributed by atoms with E-state index in [2.05, 4.69) is 5.32 Å². The second-order valence-corrected chi connectivity index (χ2v) is 6.93. The predicted molar refractivity (Wildman–Crippen MR) is 60.5 cm³/mol. The van der Waals surface area contributed by atoms with Crippen molar-refractivity contribution in [3.05, 3.63) is 0 Å². The van der Waals surface area contributed by atoms with Crippen LogP contribution in [0.1, 0.15) is 26.7 Å². The van der Waals surface area contributed by atoms with E-state index in [1.165, 1.54) is 0 Å². The van der Waals surface area contributed by atoms with Crippen LogP contribution >= 0.6 is 0 Å². The van der Waals surface area contributed by atoms with Gasteiger partial charge < -0.3 is 10.4 Å². The van der Waals surface area contributed by atoms with Crippen molar-refractivity contribution in [1.82, 2.24) is 5.32 Å². The minimum Gasteiger partial charge on any atom is -0.395 e. The lowest BCUT2D eigenvalue weighted by Crippen LogP contribution is -2.46. The van der Waals surface area contributed by atoms with E-state index in [1.807, 2.05) is 13.8 Å². The Labute approximate surface area is 92.0 Å². The first-order valence-corrected chi connectivity index (χ1v) is 7.34. The standard InChI is InChI=1S/C10H21NO3S/c1-8(2)10(7-12)11-9-3-5-15(13,14)6-4-9/h8-12H,3-7H2,1-2H3. The summed E-state index contributed by atoms with van der Waals surface area (Å²) in [5.74, 6) is 0.926. The van der Waals surface area contributed by atoms with Gasteiger partial charge in [0.15, 0.2) is 0 Å². The van der Waals surface area contributed by atoms with E-state index in [4.69, 9.17) is 5.11 Å². The Hall–Kier alpha value is -0.130. The molecule has 0 bridgehead atoms. The topological polar surface area (TPSA) is 66.4 Å². The molecule has 1 rings (SSSR count). The van der Waals surface area contributed by atoms with Crippen molar-refractivity contribution in [3.63, 3.8) is 0 Å². The van der Waals surface area contributed by atoms with Gasteiger partial charge >= 0.3 is 0 Å². The highest BCUT2D eigenvalue weighted by Crippen LogP contribution is 2.14. The summed E-state index contributed by atoms with van der Waals surface area (Å²) in [5, 5.41) is 12.5. The van der Waals surface area contributed by atoms with Crippen LogP contribution in [-0.4, -0.2) is 43.7 Å². The highest BCUT2D eigenvalue weighted by Gasteiger charge is 2.25. The quantitative estimate of drug-likeness (QED) is 0.729. The van der Waals surface area contributed by atoms with Gasteiger partial charge in [-0.3, -0.25) is 0 Å². The Kier molecular flexibility index (Phi) is 4.55. The van der Waals surface area contributed by atoms with Crippen LogP contribution < -0.4 is 5.32 Å². The molecule has 15 heavy (non-hydrogen) atoms. The van der Waals surface area contributed by atoms with Crippen molar-refractivity contribution >= 4 is 9.84 Å². The molecule has 2 N–H and O–H groups in total. The molecule has 0 spiro atoms. The minimum absolute atomic E-state index is 0.0794. The van der Waals surface area contributed by atoms with Crippen LogP contribution in [0.2, 0.25) is 0 Å². The molecule has 5 heteroatoms. The summed E-state index contributed by atoms with van der Waals surface area (Å²) >= 11 is 0. The van der Waals surface area contributed by atoms with Gasteiger partial charge in [0, 0.05) is 12.1 Å². The van der Waals surface area contributed by atoms with Gasteiger partial charge in [-0.1, -0.05) is 13.8 Å². The summed E-state index contributed by atoms with van der Waals surface area (Å²) in [4.78, 5) is 0. The molecular formula is C10H21NO3S. The maximum atomic E-state index is 11.2. The highest BCUT2D eigenvalue weighted by atomic mass is 32.2. The van der Waals surface area contributed by atoms with Gasteiger partial charge in [0.05, 0.1) is 18.1 Å². The summed E-state index contributed by atoms with van der Waals surface area (Å²) < 4.78 is 22.4. The lowest BCUT2D eigenvalue weighted by Gasteiger charge is -2.29. The third kappa shape index (κ3) is 4.09. The van der Waals surface area contributed by atoms with Gasteiger partial charge in [-0.2, -0.15) is 0 Å². The predicted octanol–water partition coefficient (Wildman–Crippen LogP) is 0.170. The van der Waals surface area contributed by atoms with Crippen molar-refractivity contribution in [2.45, 2.75) is 38.8 Å². The Morgan fingerprint density at radius 2 is 1.87 bits per heavy atom. The third-order valence-electron chi connectivity index (χ3n) is 3.01. The number of rotatable bonds is 4. The highest BCUT2D eigenvalue weighted by molar-refractivity contribution is 7.91. The van der Waals surface area contributed by atoms with Crippen molar-refractivity contribution < 1.29 is 13.5 Å². The largest absolute Gasteiger partial charge is 0.395 e. The van der Waals surface area contributed by atoms with Crippen LogP contribution in [0.5, 0.6) is 0 Å². The second kappa shape index (κ2) is 5.27. The van der Waals surface area contributed by atoms with E-state index in [1.54, 1.807) is 0 Å². The van der Waals surface area contributed by atoms with Crippen molar-refractivity contribution in [3.8, 4) is 0 Å². The van der Waals surface area contributed by atoms with Gasteiger partial charge in [0.2, 0.25) is 0 Å². The summed E-state index contributed by atoms with van der Waals surface area (Å²) in [7, 11) is -2.78. The first-order valence-electron chi connectivity index (χ1n) is 5.52. The van der Waals surface area contributed by atoms with E-state index in [9.17, 15) is 8.42 Å². The van der Waals surface area contributed by atoms with E-state index in [0.717, 1.165) is 0 Å². The Balaban J connectivity index is 2.41. The van der Waals surface area contributed by atoms with Crippen LogP contribution in [0.15, 0.2) is 0 Å². The summed E-state index contributed by atoms with van der Waals surface area (Å²) in [5.41, 5.74) is 0. The number of sulfone groups is 1. The van der Waals surface area contributed by atoms with Crippen LogP contribution in [0.4, 0.5) is 0 Å². The Morgan fingerprint density at radius 3 is 2.27 bits per heavy atom. The van der Waals surface area contributed by atoms with Crippen LogP contribution in [-0.2, 0) is 9.84 Å². The van der Waals surface area contributed by atoms with Gasteiger partial charge in [-0.15, -0.1) is 0 Å². The van der Waals surface area contributed by atoms with Crippen LogP contribution in [0.3, 0.4) is 0 Å². The van der Waals surface area contributed by atoms with Crippen molar-refractivity contribution in [2.24, 2.45) is 5.92 Å². The lowest BCUT2D eigenvalue weighted by molar-refractivity contribution is 0.196. The maximum Gasteiger partial charge on any atom is 0.150 e. The molecule has 90 valence electrons. The number of nitrogens with one attached hydrogen (secondary N) is 1. The fraction of sp³-hybridized carbons (Fsp3) is 1.00. The zero-order chi connectivity index (χ0) is 11.5. The molecule has 0 aromatic rings. The fourth-order valence-corrected chi connectivity index (χ4v) is 3.31. The smallest absolute Gasteiger partial charge is 0.150 e. The molecular weight excluding hydrogens is 214 g/mol. The van der Waals surface area contributed by atoms with Crippen molar-refractivity contribution in [1.29, 1.82) is 0 Å². The third-order valence-corrected chi connectivity index (χ3v) is 4.72. The zero-order valence-electron chi connectivity index (χ0n) is 9.44. The molecule has 0 amide bonds.